The molecule has 0 unspecified atom stereocenters. The molecule has 1 aromatic carbocycles. The number of hydrogen-bond acceptors (Lipinski definition) is 7. The fourth-order valence-corrected chi connectivity index (χ4v) is 5.19. The van der Waals surface area contributed by atoms with Crippen molar-refractivity contribution in [2.45, 2.75) is 17.7 Å². The maximum Gasteiger partial charge on any atom is 0.243 e. The molecule has 2 aliphatic rings. The van der Waals surface area contributed by atoms with Gasteiger partial charge in [-0.1, -0.05) is 0 Å². The average Bonchev–Trinajstić information content (AvgIpc) is 2.79. The van der Waals surface area contributed by atoms with Gasteiger partial charge in [-0.3, -0.25) is 0 Å². The van der Waals surface area contributed by atoms with E-state index >= 15 is 0 Å². The molecule has 2 aliphatic heterocycles. The molecule has 4 rings (SSSR count). The van der Waals surface area contributed by atoms with Crippen molar-refractivity contribution in [1.82, 2.24) is 14.3 Å². The number of ether oxygens (including phenoxy) is 1. The minimum atomic E-state index is -3.44. The van der Waals surface area contributed by atoms with Crippen molar-refractivity contribution in [1.29, 1.82) is 0 Å². The molecular formula is C20H27N5O3S. The van der Waals surface area contributed by atoms with Crippen molar-refractivity contribution in [3.63, 3.8) is 0 Å². The first kappa shape index (κ1) is 20.1. The third-order valence-corrected chi connectivity index (χ3v) is 7.45. The Labute approximate surface area is 172 Å². The summed E-state index contributed by atoms with van der Waals surface area (Å²) in [6, 6.07) is 9.09. The predicted octanol–water partition coefficient (Wildman–Crippen LogP) is 1.83. The molecule has 0 saturated carbocycles. The van der Waals surface area contributed by atoms with Gasteiger partial charge in [0.25, 0.3) is 0 Å². The normalized spacial score (nSPS) is 19.2. The highest BCUT2D eigenvalue weighted by Gasteiger charge is 2.26. The van der Waals surface area contributed by atoms with Gasteiger partial charge in [0.15, 0.2) is 0 Å². The van der Waals surface area contributed by atoms with Gasteiger partial charge in [-0.2, -0.15) is 4.31 Å². The zero-order valence-corrected chi connectivity index (χ0v) is 17.2. The van der Waals surface area contributed by atoms with Crippen LogP contribution in [-0.4, -0.2) is 68.6 Å². The van der Waals surface area contributed by atoms with Gasteiger partial charge in [0, 0.05) is 50.8 Å². The standard InChI is InChI=1S/C20H27N5O3S/c26-29(27,25-12-14-28-15-13-25)19-4-2-18(3-5-19)24-10-6-17(7-11-24)16-23-20-21-8-1-9-22-20/h1-5,8-9,17H,6-7,10-16H2,(H,21,22,23). The molecule has 0 aliphatic carbocycles. The van der Waals surface area contributed by atoms with Crippen molar-refractivity contribution in [3.05, 3.63) is 42.7 Å². The van der Waals surface area contributed by atoms with Gasteiger partial charge < -0.3 is 15.0 Å². The van der Waals surface area contributed by atoms with Gasteiger partial charge >= 0.3 is 0 Å². The summed E-state index contributed by atoms with van der Waals surface area (Å²) >= 11 is 0. The molecule has 9 heteroatoms. The Morgan fingerprint density at radius 1 is 1.00 bits per heavy atom. The van der Waals surface area contributed by atoms with E-state index in [1.165, 1.54) is 4.31 Å². The lowest BCUT2D eigenvalue weighted by molar-refractivity contribution is 0.0730. The summed E-state index contributed by atoms with van der Waals surface area (Å²) in [6.07, 6.45) is 5.63. The lowest BCUT2D eigenvalue weighted by atomic mass is 9.96. The summed E-state index contributed by atoms with van der Waals surface area (Å²) < 4.78 is 32.2. The zero-order chi connectivity index (χ0) is 20.1. The smallest absolute Gasteiger partial charge is 0.243 e. The van der Waals surface area contributed by atoms with Crippen LogP contribution >= 0.6 is 0 Å². The molecule has 29 heavy (non-hydrogen) atoms. The molecule has 0 atom stereocenters. The number of hydrogen-bond donors (Lipinski definition) is 1. The van der Waals surface area contributed by atoms with Crippen LogP contribution in [0.25, 0.3) is 0 Å². The molecule has 1 N–H and O–H groups in total. The highest BCUT2D eigenvalue weighted by atomic mass is 32.2. The molecule has 0 amide bonds. The number of morpholine rings is 1. The fraction of sp³-hybridized carbons (Fsp3) is 0.500. The van der Waals surface area contributed by atoms with Gasteiger partial charge in [-0.15, -0.1) is 0 Å². The summed E-state index contributed by atoms with van der Waals surface area (Å²) in [5.74, 6) is 1.25. The lowest BCUT2D eigenvalue weighted by Gasteiger charge is -2.34. The maximum absolute atomic E-state index is 12.7. The van der Waals surface area contributed by atoms with E-state index in [0.29, 0.717) is 43.1 Å². The second kappa shape index (κ2) is 9.06. The molecule has 8 nitrogen and oxygen atoms in total. The highest BCUT2D eigenvalue weighted by Crippen LogP contribution is 2.26. The fourth-order valence-electron chi connectivity index (χ4n) is 3.79. The minimum Gasteiger partial charge on any atom is -0.379 e. The second-order valence-corrected chi connectivity index (χ2v) is 9.33. The molecule has 2 saturated heterocycles. The summed E-state index contributed by atoms with van der Waals surface area (Å²) in [4.78, 5) is 11.1. The molecule has 0 spiro atoms. The maximum atomic E-state index is 12.7. The molecule has 0 radical (unpaired) electrons. The van der Waals surface area contributed by atoms with Crippen LogP contribution in [0.4, 0.5) is 11.6 Å². The number of benzene rings is 1. The van der Waals surface area contributed by atoms with Crippen LogP contribution in [-0.2, 0) is 14.8 Å². The van der Waals surface area contributed by atoms with Crippen molar-refractivity contribution < 1.29 is 13.2 Å². The predicted molar refractivity (Wildman–Crippen MR) is 111 cm³/mol. The lowest BCUT2D eigenvalue weighted by Crippen LogP contribution is -2.40. The topological polar surface area (TPSA) is 87.7 Å². The summed E-state index contributed by atoms with van der Waals surface area (Å²) in [6.45, 7) is 4.53. The van der Waals surface area contributed by atoms with Gasteiger partial charge in [-0.05, 0) is 49.1 Å². The van der Waals surface area contributed by atoms with Gasteiger partial charge in [0.1, 0.15) is 0 Å². The minimum absolute atomic E-state index is 0.352. The molecule has 156 valence electrons. The summed E-state index contributed by atoms with van der Waals surface area (Å²) in [7, 11) is -3.44. The number of piperidine rings is 1. The number of aromatic nitrogens is 2. The Bertz CT molecular complexity index is 878. The summed E-state index contributed by atoms with van der Waals surface area (Å²) in [5, 5.41) is 3.30. The number of rotatable bonds is 6. The van der Waals surface area contributed by atoms with E-state index < -0.39 is 10.0 Å². The van der Waals surface area contributed by atoms with Gasteiger partial charge in [-0.25, -0.2) is 18.4 Å². The number of anilines is 2. The first-order chi connectivity index (χ1) is 14.1. The highest BCUT2D eigenvalue weighted by molar-refractivity contribution is 7.89. The van der Waals surface area contributed by atoms with Crippen LogP contribution in [0.3, 0.4) is 0 Å². The Hall–Kier alpha value is -2.23. The molecule has 2 aromatic rings. The second-order valence-electron chi connectivity index (χ2n) is 7.39. The van der Waals surface area contributed by atoms with E-state index in [-0.39, 0.29) is 0 Å². The van der Waals surface area contributed by atoms with Crippen molar-refractivity contribution in [2.24, 2.45) is 5.92 Å². The van der Waals surface area contributed by atoms with Crippen molar-refractivity contribution in [3.8, 4) is 0 Å². The molecule has 1 aromatic heterocycles. The van der Waals surface area contributed by atoms with E-state index in [1.54, 1.807) is 30.6 Å². The van der Waals surface area contributed by atoms with Gasteiger partial charge in [0.2, 0.25) is 16.0 Å². The third kappa shape index (κ3) is 4.85. The first-order valence-corrected chi connectivity index (χ1v) is 11.5. The molecule has 2 fully saturated rings. The van der Waals surface area contributed by atoms with E-state index in [9.17, 15) is 8.42 Å². The van der Waals surface area contributed by atoms with Crippen LogP contribution in [0.2, 0.25) is 0 Å². The number of sulfonamides is 1. The molecule has 3 heterocycles. The molecular weight excluding hydrogens is 390 g/mol. The van der Waals surface area contributed by atoms with Crippen LogP contribution in [0.1, 0.15) is 12.8 Å². The van der Waals surface area contributed by atoms with Crippen molar-refractivity contribution in [2.75, 3.05) is 56.2 Å². The van der Waals surface area contributed by atoms with Crippen LogP contribution < -0.4 is 10.2 Å². The molecule has 0 bridgehead atoms. The van der Waals surface area contributed by atoms with E-state index in [0.717, 1.165) is 38.2 Å². The third-order valence-electron chi connectivity index (χ3n) is 5.54. The van der Waals surface area contributed by atoms with E-state index in [2.05, 4.69) is 20.2 Å². The number of nitrogens with one attached hydrogen (secondary N) is 1. The SMILES string of the molecule is O=S(=O)(c1ccc(N2CCC(CNc3ncccn3)CC2)cc1)N1CCOCC1. The Morgan fingerprint density at radius 3 is 2.31 bits per heavy atom. The Balaban J connectivity index is 1.31. The quantitative estimate of drug-likeness (QED) is 0.767. The van der Waals surface area contributed by atoms with E-state index in [4.69, 9.17) is 4.74 Å². The summed E-state index contributed by atoms with van der Waals surface area (Å²) in [5.41, 5.74) is 1.07. The largest absolute Gasteiger partial charge is 0.379 e. The van der Waals surface area contributed by atoms with Crippen LogP contribution in [0.5, 0.6) is 0 Å². The van der Waals surface area contributed by atoms with Crippen LogP contribution in [0.15, 0.2) is 47.6 Å². The monoisotopic (exact) mass is 417 g/mol. The van der Waals surface area contributed by atoms with Gasteiger partial charge in [0.05, 0.1) is 18.1 Å². The van der Waals surface area contributed by atoms with Crippen molar-refractivity contribution >= 4 is 21.7 Å². The first-order valence-electron chi connectivity index (χ1n) is 10.1. The Kier molecular flexibility index (Phi) is 6.27. The van der Waals surface area contributed by atoms with E-state index in [1.807, 2.05) is 12.1 Å². The Morgan fingerprint density at radius 2 is 1.66 bits per heavy atom. The average molecular weight is 418 g/mol. The van der Waals surface area contributed by atoms with Crippen LogP contribution in [0, 0.1) is 5.92 Å². The number of nitrogens with zero attached hydrogens (tertiary/aromatic N) is 4. The zero-order valence-electron chi connectivity index (χ0n) is 16.4.